The number of allylic oxidation sites excluding steroid dienone is 2. The number of rotatable bonds is 6. The minimum Gasteiger partial charge on any atom is -0.497 e. The van der Waals surface area contributed by atoms with Crippen molar-refractivity contribution in [2.75, 3.05) is 18.6 Å². The summed E-state index contributed by atoms with van der Waals surface area (Å²) in [5, 5.41) is 12.3. The molecule has 1 aliphatic rings. The first-order valence-corrected chi connectivity index (χ1v) is 14.5. The fourth-order valence-corrected chi connectivity index (χ4v) is 4.95. The number of methoxy groups -OCH3 is 1. The van der Waals surface area contributed by atoms with Gasteiger partial charge in [-0.1, -0.05) is 76.2 Å². The van der Waals surface area contributed by atoms with Crippen LogP contribution >= 0.6 is 12.2 Å². The second kappa shape index (κ2) is 17.4. The third-order valence-corrected chi connectivity index (χ3v) is 6.77. The Hall–Kier alpha value is -3.22. The van der Waals surface area contributed by atoms with E-state index >= 15 is 0 Å². The molecular weight excluding hydrogens is 502 g/mol. The Kier molecular flexibility index (Phi) is 15.1. The lowest BCUT2D eigenvalue weighted by atomic mass is 9.75. The van der Waals surface area contributed by atoms with E-state index in [2.05, 4.69) is 81.1 Å². The smallest absolute Gasteiger partial charge is 0.229 e. The van der Waals surface area contributed by atoms with Gasteiger partial charge >= 0.3 is 0 Å². The Balaban J connectivity index is 0.000000425. The monoisotopic (exact) mass is 549 g/mol. The molecule has 0 fully saturated rings. The van der Waals surface area contributed by atoms with Crippen molar-refractivity contribution in [3.8, 4) is 5.75 Å². The van der Waals surface area contributed by atoms with Crippen LogP contribution in [0.4, 0.5) is 5.69 Å². The molecule has 212 valence electrons. The van der Waals surface area contributed by atoms with Gasteiger partial charge in [-0.15, -0.1) is 0 Å². The average Bonchev–Trinajstić information content (AvgIpc) is 3.23. The van der Waals surface area contributed by atoms with Crippen LogP contribution in [0, 0.1) is 12.3 Å². The molecule has 6 heteroatoms. The molecular formula is C33H47N3O2S. The average molecular weight is 550 g/mol. The molecule has 1 heterocycles. The van der Waals surface area contributed by atoms with E-state index in [0.717, 1.165) is 24.3 Å². The molecule has 0 aromatic heterocycles. The standard InChI is InChI=1S/C22H27NO.C7H8N2OS.2C2H6/c1-6-21-22(4,15-17-11-9-8-10-16(17)3)19-14-18(24-5)12-13-20(19)23(21)7-2;8-7(10-11-9)6-4-2-1-3-5-6;2*1-2/h6,8-14H,7,15H2,1-5H3;1-5,8H,9H2;2*1-2H3/b21-6-;;;. The molecule has 0 bridgehead atoms. The molecule has 4 rings (SSSR count). The minimum atomic E-state index is -0.0409. The van der Waals surface area contributed by atoms with Crippen LogP contribution in [0.5, 0.6) is 5.75 Å². The second-order valence-corrected chi connectivity index (χ2v) is 8.97. The van der Waals surface area contributed by atoms with Crippen LogP contribution in [0.15, 0.2) is 84.6 Å². The Labute approximate surface area is 241 Å². The van der Waals surface area contributed by atoms with Crippen molar-refractivity contribution in [1.82, 2.24) is 0 Å². The van der Waals surface area contributed by atoms with Crippen molar-refractivity contribution in [3.63, 3.8) is 0 Å². The van der Waals surface area contributed by atoms with Crippen LogP contribution < -0.4 is 14.8 Å². The Morgan fingerprint density at radius 3 is 2.15 bits per heavy atom. The van der Waals surface area contributed by atoms with E-state index in [4.69, 9.17) is 19.5 Å². The van der Waals surface area contributed by atoms with Gasteiger partial charge in [0.15, 0.2) is 0 Å². The van der Waals surface area contributed by atoms with Gasteiger partial charge in [-0.2, -0.15) is 0 Å². The van der Waals surface area contributed by atoms with Crippen LogP contribution in [0.25, 0.3) is 0 Å². The van der Waals surface area contributed by atoms with Crippen molar-refractivity contribution < 1.29 is 8.92 Å². The zero-order chi connectivity index (χ0) is 29.4. The summed E-state index contributed by atoms with van der Waals surface area (Å²) < 4.78 is 10.2. The summed E-state index contributed by atoms with van der Waals surface area (Å²) in [5.74, 6) is 1.01. The lowest BCUT2D eigenvalue weighted by molar-refractivity contribution is 0.413. The summed E-state index contributed by atoms with van der Waals surface area (Å²) in [5.41, 5.74) is 7.50. The summed E-state index contributed by atoms with van der Waals surface area (Å²) in [6, 6.07) is 24.3. The van der Waals surface area contributed by atoms with Crippen molar-refractivity contribution in [2.24, 2.45) is 5.14 Å². The van der Waals surface area contributed by atoms with Crippen LogP contribution in [0.1, 0.15) is 70.7 Å². The number of benzene rings is 3. The maximum absolute atomic E-state index is 7.31. The van der Waals surface area contributed by atoms with Gasteiger partial charge in [0, 0.05) is 28.9 Å². The number of ether oxygens (including phenoxy) is 1. The topological polar surface area (TPSA) is 71.6 Å². The predicted octanol–water partition coefficient (Wildman–Crippen LogP) is 8.85. The first kappa shape index (κ1) is 33.8. The van der Waals surface area contributed by atoms with E-state index in [9.17, 15) is 0 Å². The summed E-state index contributed by atoms with van der Waals surface area (Å²) in [6.07, 6.45) is 3.27. The van der Waals surface area contributed by atoms with E-state index < -0.39 is 0 Å². The summed E-state index contributed by atoms with van der Waals surface area (Å²) in [6.45, 7) is 17.9. The lowest BCUT2D eigenvalue weighted by Gasteiger charge is -2.30. The maximum atomic E-state index is 7.31. The number of hydrogen-bond donors (Lipinski definition) is 2. The highest BCUT2D eigenvalue weighted by atomic mass is 32.2. The lowest BCUT2D eigenvalue weighted by Crippen LogP contribution is -2.30. The molecule has 0 aliphatic carbocycles. The molecule has 0 spiro atoms. The van der Waals surface area contributed by atoms with Gasteiger partial charge in [0.1, 0.15) is 18.0 Å². The highest BCUT2D eigenvalue weighted by molar-refractivity contribution is 7.92. The number of nitrogens with one attached hydrogen (secondary N) is 1. The molecule has 3 N–H and O–H groups in total. The van der Waals surface area contributed by atoms with Gasteiger partial charge < -0.3 is 13.8 Å². The number of likely N-dealkylation sites (N-methyl/N-ethyl adjacent to an activating group) is 1. The second-order valence-electron chi connectivity index (χ2n) is 8.61. The molecule has 1 aliphatic heterocycles. The molecule has 5 nitrogen and oxygen atoms in total. The molecule has 0 radical (unpaired) electrons. The van der Waals surface area contributed by atoms with Gasteiger partial charge in [0.25, 0.3) is 0 Å². The van der Waals surface area contributed by atoms with Gasteiger partial charge in [0.2, 0.25) is 5.90 Å². The van der Waals surface area contributed by atoms with E-state index in [1.165, 1.54) is 28.1 Å². The van der Waals surface area contributed by atoms with Gasteiger partial charge in [-0.05, 0) is 81.1 Å². The highest BCUT2D eigenvalue weighted by Gasteiger charge is 2.43. The van der Waals surface area contributed by atoms with Crippen molar-refractivity contribution in [3.05, 3.63) is 107 Å². The van der Waals surface area contributed by atoms with Gasteiger partial charge in [-0.3, -0.25) is 5.41 Å². The van der Waals surface area contributed by atoms with Crippen LogP contribution in [0.3, 0.4) is 0 Å². The number of nitrogens with two attached hydrogens (primary N) is 1. The molecule has 0 saturated carbocycles. The number of anilines is 1. The minimum absolute atomic E-state index is 0.0409. The molecule has 3 aromatic carbocycles. The van der Waals surface area contributed by atoms with Gasteiger partial charge in [0.05, 0.1) is 7.11 Å². The quantitative estimate of drug-likeness (QED) is 0.139. The van der Waals surface area contributed by atoms with E-state index in [0.29, 0.717) is 12.2 Å². The molecule has 1 unspecified atom stereocenters. The fraction of sp³-hybridized carbons (Fsp3) is 0.364. The molecule has 39 heavy (non-hydrogen) atoms. The molecule has 3 aromatic rings. The normalized spacial score (nSPS) is 15.9. The van der Waals surface area contributed by atoms with E-state index in [-0.39, 0.29) is 11.3 Å². The SMILES string of the molecule is C/C=C1\N(CC)c2ccc(OC)cc2C1(C)Cc1ccccc1C.CC.CC.N=C(OSN)c1ccccc1. The number of fused-ring (bicyclic) bond motifs is 1. The predicted molar refractivity (Wildman–Crippen MR) is 171 cm³/mol. The summed E-state index contributed by atoms with van der Waals surface area (Å²) >= 11 is 0.680. The maximum Gasteiger partial charge on any atom is 0.229 e. The number of hydrogen-bond acceptors (Lipinski definition) is 6. The molecule has 0 saturated heterocycles. The van der Waals surface area contributed by atoms with E-state index in [1.54, 1.807) is 19.2 Å². The largest absolute Gasteiger partial charge is 0.497 e. The van der Waals surface area contributed by atoms with Gasteiger partial charge in [-0.25, -0.2) is 5.14 Å². The summed E-state index contributed by atoms with van der Waals surface area (Å²) in [7, 11) is 1.74. The highest BCUT2D eigenvalue weighted by Crippen LogP contribution is 2.50. The summed E-state index contributed by atoms with van der Waals surface area (Å²) in [4.78, 5) is 2.44. The fourth-order valence-electron chi connectivity index (χ4n) is 4.76. The van der Waals surface area contributed by atoms with Crippen LogP contribution in [-0.4, -0.2) is 19.6 Å². The Morgan fingerprint density at radius 1 is 1.00 bits per heavy atom. The van der Waals surface area contributed by atoms with Crippen LogP contribution in [-0.2, 0) is 16.0 Å². The third-order valence-electron chi connectivity index (χ3n) is 6.51. The van der Waals surface area contributed by atoms with Crippen LogP contribution in [0.2, 0.25) is 0 Å². The molecule has 0 amide bonds. The van der Waals surface area contributed by atoms with Crippen molar-refractivity contribution >= 4 is 23.8 Å². The molecule has 1 atom stereocenters. The van der Waals surface area contributed by atoms with Crippen molar-refractivity contribution in [1.29, 1.82) is 5.41 Å². The van der Waals surface area contributed by atoms with E-state index in [1.807, 2.05) is 45.9 Å². The first-order chi connectivity index (χ1) is 18.9. The number of nitrogens with zero attached hydrogens (tertiary/aromatic N) is 1. The Morgan fingerprint density at radius 2 is 1.62 bits per heavy atom. The van der Waals surface area contributed by atoms with Crippen molar-refractivity contribution in [2.45, 2.75) is 67.2 Å². The first-order valence-electron chi connectivity index (χ1n) is 13.7. The number of aryl methyl sites for hydroxylation is 1. The zero-order valence-electron chi connectivity index (χ0n) is 25.2. The Bertz CT molecular complexity index is 1180. The third kappa shape index (κ3) is 8.38. The zero-order valence-corrected chi connectivity index (χ0v) is 26.0.